The number of piperidine rings is 1. The monoisotopic (exact) mass is 657 g/mol. The first kappa shape index (κ1) is 22.8. The maximum atomic E-state index is 12.0. The summed E-state index contributed by atoms with van der Waals surface area (Å²) in [5.41, 5.74) is 7.94. The molecule has 170 valence electrons. The zero-order chi connectivity index (χ0) is 22.9. The van der Waals surface area contributed by atoms with E-state index in [1.54, 1.807) is 18.0 Å². The third-order valence-corrected chi connectivity index (χ3v) is 10.1. The molecule has 1 saturated heterocycles. The van der Waals surface area contributed by atoms with Crippen LogP contribution in [0.25, 0.3) is 11.0 Å². The summed E-state index contributed by atoms with van der Waals surface area (Å²) in [5.74, 6) is 2.93. The molecule has 1 fully saturated rings. The molecule has 1 aromatic carbocycles. The Kier molecular flexibility index (Phi) is 6.68. The summed E-state index contributed by atoms with van der Waals surface area (Å²) >= 11 is 2.32. The Morgan fingerprint density at radius 2 is 2.03 bits per heavy atom. The second-order valence-corrected chi connectivity index (χ2v) is 11.8. The van der Waals surface area contributed by atoms with Crippen molar-refractivity contribution in [2.45, 2.75) is 49.2 Å². The van der Waals surface area contributed by atoms with Crippen LogP contribution in [0.1, 0.15) is 32.6 Å². The number of carbonyl (C=O) groups is 1. The van der Waals surface area contributed by atoms with Crippen molar-refractivity contribution in [3.05, 3.63) is 24.4 Å². The van der Waals surface area contributed by atoms with Gasteiger partial charge in [0.15, 0.2) is 0 Å². The van der Waals surface area contributed by atoms with Crippen LogP contribution in [0.5, 0.6) is 11.5 Å². The number of ether oxygens (including phenoxy) is 2. The van der Waals surface area contributed by atoms with E-state index in [0.717, 1.165) is 71.5 Å². The van der Waals surface area contributed by atoms with E-state index in [0.29, 0.717) is 43.9 Å². The number of aromatic nitrogens is 3. The summed E-state index contributed by atoms with van der Waals surface area (Å²) in [7, 11) is 0. The molecule has 5 rings (SSSR count). The van der Waals surface area contributed by atoms with Crippen molar-refractivity contribution < 1.29 is 14.3 Å². The van der Waals surface area contributed by atoms with E-state index in [-0.39, 0.29) is 12.7 Å². The van der Waals surface area contributed by atoms with E-state index < -0.39 is 0 Å². The van der Waals surface area contributed by atoms with Crippen LogP contribution in [0.15, 0.2) is 34.4 Å². The van der Waals surface area contributed by atoms with Gasteiger partial charge < -0.3 is 0 Å². The molecule has 0 saturated carbocycles. The third kappa shape index (κ3) is 4.66. The third-order valence-electron chi connectivity index (χ3n) is 6.40. The fraction of sp³-hybridized carbons (Fsp3) is 0.435. The molecule has 0 radical (unpaired) electrons. The Hall–Kier alpha value is -2.02. The number of amides is 1. The fourth-order valence-electron chi connectivity index (χ4n) is 4.48. The van der Waals surface area contributed by atoms with Crippen molar-refractivity contribution in [1.29, 1.82) is 0 Å². The second kappa shape index (κ2) is 9.69. The number of likely N-dealkylation sites (tertiary alicyclic amines) is 1. The number of nitrogen functional groups attached to an aromatic ring is 1. The van der Waals surface area contributed by atoms with E-state index in [1.807, 2.05) is 17.9 Å². The molecule has 0 aliphatic carbocycles. The summed E-state index contributed by atoms with van der Waals surface area (Å²) in [4.78, 5) is 24.3. The molecule has 0 atom stereocenters. The van der Waals surface area contributed by atoms with Crippen molar-refractivity contribution in [3.63, 3.8) is 0 Å². The molecule has 1 amide bonds. The molecule has 0 spiro atoms. The number of fused-ring (bicyclic) bond motifs is 2. The zero-order valence-electron chi connectivity index (χ0n) is 18.6. The Labute approximate surface area is 212 Å². The number of benzene rings is 1. The first-order valence-corrected chi connectivity index (χ1v) is 14.3. The Balaban J connectivity index is 1.38. The van der Waals surface area contributed by atoms with Gasteiger partial charge in [0.05, 0.1) is 0 Å². The molecule has 0 unspecified atom stereocenters. The van der Waals surface area contributed by atoms with Gasteiger partial charge >= 0.3 is 196 Å². The van der Waals surface area contributed by atoms with Crippen molar-refractivity contribution >= 4 is 63.4 Å². The molecule has 3 aromatic rings. The van der Waals surface area contributed by atoms with Crippen molar-refractivity contribution in [3.8, 4) is 11.5 Å². The van der Waals surface area contributed by atoms with Gasteiger partial charge in [0.1, 0.15) is 0 Å². The summed E-state index contributed by atoms with van der Waals surface area (Å²) < 4.78 is 14.7. The number of hydrogen-bond donors (Lipinski definition) is 1. The summed E-state index contributed by atoms with van der Waals surface area (Å²) in [6, 6.07) is 6.14. The molecular formula is C23H26N5O3STl. The Morgan fingerprint density at radius 3 is 2.79 bits per heavy atom. The summed E-state index contributed by atoms with van der Waals surface area (Å²) in [5, 5.41) is 0.920. The number of nitrogens with two attached hydrogens (primary N) is 1. The number of aryl methyl sites for hydroxylation is 1. The Morgan fingerprint density at radius 1 is 1.27 bits per heavy atom. The van der Waals surface area contributed by atoms with E-state index in [1.165, 1.54) is 3.12 Å². The number of hydrogen-bond acceptors (Lipinski definition) is 7. The predicted octanol–water partition coefficient (Wildman–Crippen LogP) is 2.73. The van der Waals surface area contributed by atoms with Crippen LogP contribution in [-0.4, -0.2) is 71.0 Å². The van der Waals surface area contributed by atoms with E-state index in [9.17, 15) is 4.79 Å². The number of imidazole rings is 1. The minimum absolute atomic E-state index is 0.263. The van der Waals surface area contributed by atoms with Crippen LogP contribution in [0, 0.1) is 5.92 Å². The SMILES string of the molecule is CCC(=O)N1CCC(CCn2c(Sc3cc4c(c[c]3[Tl])OCO4)nc3c(N)nccc32)CC1. The molecule has 33 heavy (non-hydrogen) atoms. The molecule has 2 aliphatic heterocycles. The average molecular weight is 657 g/mol. The van der Waals surface area contributed by atoms with E-state index in [4.69, 9.17) is 20.2 Å². The Bertz CT molecular complexity index is 1190. The molecule has 2 N–H and O–H groups in total. The molecule has 4 heterocycles. The maximum absolute atomic E-state index is 12.0. The van der Waals surface area contributed by atoms with Crippen LogP contribution in [0.2, 0.25) is 0 Å². The van der Waals surface area contributed by atoms with Gasteiger partial charge in [0, 0.05) is 6.42 Å². The summed E-state index contributed by atoms with van der Waals surface area (Å²) in [6.07, 6.45) is 5.49. The standard InChI is InChI=1S/C23H26N5O3S.Tl/c1-2-20(29)27-10-6-15(7-11-27)8-12-28-17-5-9-25-22(24)21(17)26-23(28)32-16-3-4-18-19(13-16)31-14-30-18;/h4-5,9,13,15H,2,6-8,10-12,14H2,1H3,(H2,24,25);. The van der Waals surface area contributed by atoms with Gasteiger partial charge in [-0.2, -0.15) is 0 Å². The van der Waals surface area contributed by atoms with Gasteiger partial charge in [-0.1, -0.05) is 6.92 Å². The van der Waals surface area contributed by atoms with E-state index >= 15 is 0 Å². The molecule has 8 nitrogen and oxygen atoms in total. The molecule has 0 bridgehead atoms. The first-order valence-electron chi connectivity index (χ1n) is 11.3. The van der Waals surface area contributed by atoms with Crippen molar-refractivity contribution in [1.82, 2.24) is 19.4 Å². The predicted molar refractivity (Wildman–Crippen MR) is 128 cm³/mol. The summed E-state index contributed by atoms with van der Waals surface area (Å²) in [6.45, 7) is 4.79. The normalized spacial score (nSPS) is 15.9. The van der Waals surface area contributed by atoms with Gasteiger partial charge in [-0.25, -0.2) is 0 Å². The van der Waals surface area contributed by atoms with Crippen LogP contribution in [0.4, 0.5) is 5.82 Å². The number of rotatable bonds is 6. The quantitative estimate of drug-likeness (QED) is 0.408. The fourth-order valence-corrected chi connectivity index (χ4v) is 7.05. The zero-order valence-corrected chi connectivity index (χ0v) is 23.9. The molecule has 2 aliphatic rings. The first-order chi connectivity index (χ1) is 16.0. The van der Waals surface area contributed by atoms with Gasteiger partial charge in [0.25, 0.3) is 0 Å². The number of anilines is 1. The average Bonchev–Trinajstić information content (AvgIpc) is 3.42. The number of pyridine rings is 1. The van der Waals surface area contributed by atoms with Gasteiger partial charge in [0.2, 0.25) is 0 Å². The number of nitrogens with zero attached hydrogens (tertiary/aromatic N) is 4. The van der Waals surface area contributed by atoms with Crippen LogP contribution >= 0.6 is 11.8 Å². The van der Waals surface area contributed by atoms with Crippen molar-refractivity contribution in [2.75, 3.05) is 25.6 Å². The van der Waals surface area contributed by atoms with Gasteiger partial charge in [-0.05, 0) is 0 Å². The molecule has 2 aromatic heterocycles. The van der Waals surface area contributed by atoms with E-state index in [2.05, 4.69) is 21.7 Å². The van der Waals surface area contributed by atoms with Crippen LogP contribution < -0.4 is 18.3 Å². The minimum atomic E-state index is 0.263. The van der Waals surface area contributed by atoms with Crippen molar-refractivity contribution in [2.24, 2.45) is 5.92 Å². The van der Waals surface area contributed by atoms with Crippen LogP contribution in [0.3, 0.4) is 0 Å². The molecular weight excluding hydrogens is 631 g/mol. The second-order valence-electron chi connectivity index (χ2n) is 8.42. The molecule has 10 heteroatoms. The number of carbonyl (C=O) groups excluding carboxylic acids is 1. The topological polar surface area (TPSA) is 95.5 Å². The van der Waals surface area contributed by atoms with Gasteiger partial charge in [-0.3, -0.25) is 4.79 Å². The van der Waals surface area contributed by atoms with Crippen LogP contribution in [-0.2, 0) is 11.3 Å². The van der Waals surface area contributed by atoms with Gasteiger partial charge in [-0.15, -0.1) is 0 Å².